The van der Waals surface area contributed by atoms with Crippen molar-refractivity contribution in [2.45, 2.75) is 32.1 Å². The zero-order valence-electron chi connectivity index (χ0n) is 10.2. The first-order chi connectivity index (χ1) is 7.33. The van der Waals surface area contributed by atoms with E-state index < -0.39 is 0 Å². The van der Waals surface area contributed by atoms with E-state index in [9.17, 15) is 0 Å². The normalized spacial score (nSPS) is 18.8. The summed E-state index contributed by atoms with van der Waals surface area (Å²) in [7, 11) is 3.77. The monoisotopic (exact) mass is 215 g/mol. The molecule has 0 heterocycles. The zero-order valence-corrected chi connectivity index (χ0v) is 10.2. The van der Waals surface area contributed by atoms with E-state index in [4.69, 9.17) is 9.47 Å². The molecule has 0 amide bonds. The van der Waals surface area contributed by atoms with Crippen molar-refractivity contribution in [3.05, 3.63) is 0 Å². The van der Waals surface area contributed by atoms with Crippen molar-refractivity contribution in [2.24, 2.45) is 5.41 Å². The Balaban J connectivity index is 1.98. The molecule has 15 heavy (non-hydrogen) atoms. The van der Waals surface area contributed by atoms with Crippen molar-refractivity contribution >= 4 is 0 Å². The molecule has 0 atom stereocenters. The maximum absolute atomic E-state index is 5.61. The Morgan fingerprint density at radius 1 is 1.20 bits per heavy atom. The average molecular weight is 215 g/mol. The molecule has 3 heteroatoms. The third kappa shape index (κ3) is 4.49. The van der Waals surface area contributed by atoms with E-state index >= 15 is 0 Å². The highest BCUT2D eigenvalue weighted by Crippen LogP contribution is 2.43. The van der Waals surface area contributed by atoms with Crippen LogP contribution in [0.15, 0.2) is 0 Å². The number of hydrogen-bond donors (Lipinski definition) is 1. The van der Waals surface area contributed by atoms with Crippen molar-refractivity contribution in [1.29, 1.82) is 0 Å². The standard InChI is InChI=1S/C12H25NO2/c1-13-11-12(5-3-6-12)7-10-15-9-4-8-14-2/h13H,3-11H2,1-2H3. The van der Waals surface area contributed by atoms with E-state index in [1.807, 2.05) is 7.05 Å². The summed E-state index contributed by atoms with van der Waals surface area (Å²) in [5.74, 6) is 0. The van der Waals surface area contributed by atoms with Gasteiger partial charge in [-0.25, -0.2) is 0 Å². The van der Waals surface area contributed by atoms with Gasteiger partial charge in [0.25, 0.3) is 0 Å². The fourth-order valence-electron chi connectivity index (χ4n) is 2.26. The van der Waals surface area contributed by atoms with Gasteiger partial charge >= 0.3 is 0 Å². The lowest BCUT2D eigenvalue weighted by molar-refractivity contribution is 0.0433. The Bertz CT molecular complexity index is 158. The molecule has 0 saturated heterocycles. The van der Waals surface area contributed by atoms with E-state index in [2.05, 4.69) is 5.32 Å². The van der Waals surface area contributed by atoms with Gasteiger partial charge in [0, 0.05) is 33.5 Å². The molecule has 1 aliphatic rings. The zero-order chi connectivity index (χ0) is 11.0. The van der Waals surface area contributed by atoms with E-state index in [1.165, 1.54) is 25.7 Å². The highest BCUT2D eigenvalue weighted by Gasteiger charge is 2.35. The van der Waals surface area contributed by atoms with Crippen LogP contribution in [0.4, 0.5) is 0 Å². The van der Waals surface area contributed by atoms with Gasteiger partial charge in [0.15, 0.2) is 0 Å². The van der Waals surface area contributed by atoms with Gasteiger partial charge in [-0.15, -0.1) is 0 Å². The van der Waals surface area contributed by atoms with E-state index in [-0.39, 0.29) is 0 Å². The average Bonchev–Trinajstić information content (AvgIpc) is 2.19. The minimum Gasteiger partial charge on any atom is -0.385 e. The summed E-state index contributed by atoms with van der Waals surface area (Å²) in [6.45, 7) is 3.70. The second kappa shape index (κ2) is 7.20. The van der Waals surface area contributed by atoms with Crippen molar-refractivity contribution in [2.75, 3.05) is 40.5 Å². The summed E-state index contributed by atoms with van der Waals surface area (Å²) in [5.41, 5.74) is 0.552. The van der Waals surface area contributed by atoms with Gasteiger partial charge in [-0.3, -0.25) is 0 Å². The maximum atomic E-state index is 5.61. The summed E-state index contributed by atoms with van der Waals surface area (Å²) < 4.78 is 10.6. The molecule has 0 aromatic heterocycles. The summed E-state index contributed by atoms with van der Waals surface area (Å²) >= 11 is 0. The lowest BCUT2D eigenvalue weighted by atomic mass is 9.67. The highest BCUT2D eigenvalue weighted by molar-refractivity contribution is 4.88. The highest BCUT2D eigenvalue weighted by atomic mass is 16.5. The van der Waals surface area contributed by atoms with Crippen molar-refractivity contribution in [3.8, 4) is 0 Å². The molecule has 0 unspecified atom stereocenters. The molecule has 1 aliphatic carbocycles. The Morgan fingerprint density at radius 3 is 2.53 bits per heavy atom. The van der Waals surface area contributed by atoms with E-state index in [0.29, 0.717) is 5.41 Å². The third-order valence-electron chi connectivity index (χ3n) is 3.38. The SMILES string of the molecule is CNCC1(CCOCCCOC)CCC1. The summed E-state index contributed by atoms with van der Waals surface area (Å²) in [6.07, 6.45) is 6.35. The number of hydrogen-bond acceptors (Lipinski definition) is 3. The summed E-state index contributed by atoms with van der Waals surface area (Å²) in [6, 6.07) is 0. The van der Waals surface area contributed by atoms with Gasteiger partial charge < -0.3 is 14.8 Å². The third-order valence-corrected chi connectivity index (χ3v) is 3.38. The minimum absolute atomic E-state index is 0.552. The Morgan fingerprint density at radius 2 is 2.00 bits per heavy atom. The van der Waals surface area contributed by atoms with Crippen LogP contribution in [0, 0.1) is 5.41 Å². The first-order valence-electron chi connectivity index (χ1n) is 6.04. The number of nitrogens with one attached hydrogen (secondary N) is 1. The van der Waals surface area contributed by atoms with Gasteiger partial charge in [-0.2, -0.15) is 0 Å². The van der Waals surface area contributed by atoms with Gasteiger partial charge in [-0.05, 0) is 38.1 Å². The van der Waals surface area contributed by atoms with Gasteiger partial charge in [0.1, 0.15) is 0 Å². The molecular weight excluding hydrogens is 190 g/mol. The minimum atomic E-state index is 0.552. The van der Waals surface area contributed by atoms with Crippen LogP contribution in [0.3, 0.4) is 0 Å². The quantitative estimate of drug-likeness (QED) is 0.595. The summed E-state index contributed by atoms with van der Waals surface area (Å²) in [4.78, 5) is 0. The van der Waals surface area contributed by atoms with Crippen LogP contribution in [-0.4, -0.2) is 40.5 Å². The molecule has 1 fully saturated rings. The van der Waals surface area contributed by atoms with Crippen molar-refractivity contribution in [1.82, 2.24) is 5.32 Å². The van der Waals surface area contributed by atoms with Crippen molar-refractivity contribution < 1.29 is 9.47 Å². The molecule has 0 radical (unpaired) electrons. The predicted molar refractivity (Wildman–Crippen MR) is 62.1 cm³/mol. The van der Waals surface area contributed by atoms with Crippen LogP contribution in [0.25, 0.3) is 0 Å². The van der Waals surface area contributed by atoms with Crippen molar-refractivity contribution in [3.63, 3.8) is 0 Å². The Kier molecular flexibility index (Phi) is 6.22. The molecule has 0 spiro atoms. The number of ether oxygens (including phenoxy) is 2. The van der Waals surface area contributed by atoms with E-state index in [1.54, 1.807) is 7.11 Å². The second-order valence-corrected chi connectivity index (χ2v) is 4.59. The van der Waals surface area contributed by atoms with Gasteiger partial charge in [0.05, 0.1) is 0 Å². The molecule has 0 aliphatic heterocycles. The largest absolute Gasteiger partial charge is 0.385 e. The molecule has 0 aromatic carbocycles. The predicted octanol–water partition coefficient (Wildman–Crippen LogP) is 1.82. The van der Waals surface area contributed by atoms with E-state index in [0.717, 1.165) is 32.8 Å². The van der Waals surface area contributed by atoms with Crippen LogP contribution in [0.1, 0.15) is 32.1 Å². The fourth-order valence-corrected chi connectivity index (χ4v) is 2.26. The van der Waals surface area contributed by atoms with Crippen LogP contribution in [0.5, 0.6) is 0 Å². The lowest BCUT2D eigenvalue weighted by Gasteiger charge is -2.42. The lowest BCUT2D eigenvalue weighted by Crippen LogP contribution is -2.39. The van der Waals surface area contributed by atoms with Crippen LogP contribution < -0.4 is 5.32 Å². The maximum Gasteiger partial charge on any atom is 0.0487 e. The Hall–Kier alpha value is -0.120. The molecule has 1 rings (SSSR count). The molecule has 3 nitrogen and oxygen atoms in total. The molecule has 90 valence electrons. The molecule has 0 bridgehead atoms. The second-order valence-electron chi connectivity index (χ2n) is 4.59. The molecular formula is C12H25NO2. The molecule has 1 N–H and O–H groups in total. The Labute approximate surface area is 93.5 Å². The topological polar surface area (TPSA) is 30.5 Å². The van der Waals surface area contributed by atoms with Gasteiger partial charge in [-0.1, -0.05) is 6.42 Å². The van der Waals surface area contributed by atoms with Crippen LogP contribution in [0.2, 0.25) is 0 Å². The fraction of sp³-hybridized carbons (Fsp3) is 1.00. The smallest absolute Gasteiger partial charge is 0.0487 e. The van der Waals surface area contributed by atoms with Crippen LogP contribution in [-0.2, 0) is 9.47 Å². The molecule has 1 saturated carbocycles. The first-order valence-corrected chi connectivity index (χ1v) is 6.04. The molecule has 0 aromatic rings. The van der Waals surface area contributed by atoms with Crippen LogP contribution >= 0.6 is 0 Å². The number of rotatable bonds is 9. The number of methoxy groups -OCH3 is 1. The van der Waals surface area contributed by atoms with Gasteiger partial charge in [0.2, 0.25) is 0 Å². The first kappa shape index (κ1) is 12.9. The summed E-state index contributed by atoms with van der Waals surface area (Å²) in [5, 5.41) is 3.30.